The highest BCUT2D eigenvalue weighted by molar-refractivity contribution is 7.10. The number of nitrogens with two attached hydrogens (primary N) is 1. The van der Waals surface area contributed by atoms with Crippen LogP contribution < -0.4 is 5.73 Å². The van der Waals surface area contributed by atoms with Crippen molar-refractivity contribution in [3.8, 4) is 0 Å². The van der Waals surface area contributed by atoms with Crippen LogP contribution in [-0.2, 0) is 9.59 Å². The number of carbonyl (C=O) groups excluding carboxylic acids is 1. The average molecular weight is 266 g/mol. The van der Waals surface area contributed by atoms with E-state index in [1.54, 1.807) is 6.08 Å². The molecule has 0 bridgehead atoms. The molecule has 1 aliphatic rings. The highest BCUT2D eigenvalue weighted by atomic mass is 32.1. The Morgan fingerprint density at radius 2 is 2.33 bits per heavy atom. The molecule has 2 heterocycles. The van der Waals surface area contributed by atoms with Crippen molar-refractivity contribution in [3.05, 3.63) is 28.5 Å². The van der Waals surface area contributed by atoms with E-state index in [-0.39, 0.29) is 12.5 Å². The smallest absolute Gasteiger partial charge is 0.325 e. The van der Waals surface area contributed by atoms with E-state index in [0.717, 1.165) is 4.88 Å². The van der Waals surface area contributed by atoms with E-state index in [1.807, 2.05) is 17.5 Å². The largest absolute Gasteiger partial charge is 0.480 e. The highest BCUT2D eigenvalue weighted by Crippen LogP contribution is 2.19. The highest BCUT2D eigenvalue weighted by Gasteiger charge is 2.42. The molecule has 18 heavy (non-hydrogen) atoms. The third kappa shape index (κ3) is 2.60. The van der Waals surface area contributed by atoms with Crippen molar-refractivity contribution in [1.82, 2.24) is 4.90 Å². The molecule has 1 unspecified atom stereocenters. The van der Waals surface area contributed by atoms with E-state index in [4.69, 9.17) is 10.8 Å². The van der Waals surface area contributed by atoms with Gasteiger partial charge in [0, 0.05) is 24.0 Å². The summed E-state index contributed by atoms with van der Waals surface area (Å²) in [5.41, 5.74) is 4.41. The van der Waals surface area contributed by atoms with Crippen LogP contribution in [0.3, 0.4) is 0 Å². The van der Waals surface area contributed by atoms with Crippen molar-refractivity contribution in [1.29, 1.82) is 0 Å². The minimum atomic E-state index is -1.30. The molecule has 1 aromatic heterocycles. The van der Waals surface area contributed by atoms with Gasteiger partial charge in [0.1, 0.15) is 5.54 Å². The van der Waals surface area contributed by atoms with Gasteiger partial charge in [-0.05, 0) is 23.9 Å². The summed E-state index contributed by atoms with van der Waals surface area (Å²) in [6.45, 7) is 0.451. The van der Waals surface area contributed by atoms with Crippen LogP contribution in [0.1, 0.15) is 11.3 Å². The monoisotopic (exact) mass is 266 g/mol. The zero-order valence-electron chi connectivity index (χ0n) is 9.70. The molecule has 1 fully saturated rings. The second kappa shape index (κ2) is 4.91. The lowest BCUT2D eigenvalue weighted by Crippen LogP contribution is -2.50. The maximum atomic E-state index is 11.8. The molecule has 96 valence electrons. The Hall–Kier alpha value is -1.66. The first-order valence-corrected chi connectivity index (χ1v) is 6.42. The molecule has 0 radical (unpaired) electrons. The lowest BCUT2D eigenvalue weighted by molar-refractivity contribution is -0.142. The third-order valence-corrected chi connectivity index (χ3v) is 3.81. The van der Waals surface area contributed by atoms with E-state index in [2.05, 4.69) is 0 Å². The van der Waals surface area contributed by atoms with Crippen molar-refractivity contribution in [2.45, 2.75) is 12.0 Å². The number of rotatable bonds is 3. The molecule has 1 amide bonds. The quantitative estimate of drug-likeness (QED) is 0.792. The first kappa shape index (κ1) is 12.8. The molecule has 0 spiro atoms. The number of aliphatic carboxylic acids is 1. The minimum Gasteiger partial charge on any atom is -0.480 e. The van der Waals surface area contributed by atoms with Crippen LogP contribution in [0.4, 0.5) is 0 Å². The second-order valence-electron chi connectivity index (χ2n) is 4.32. The van der Waals surface area contributed by atoms with Gasteiger partial charge in [-0.15, -0.1) is 11.3 Å². The third-order valence-electron chi connectivity index (χ3n) is 2.97. The fraction of sp³-hybridized carbons (Fsp3) is 0.333. The van der Waals surface area contributed by atoms with Crippen molar-refractivity contribution in [3.63, 3.8) is 0 Å². The summed E-state index contributed by atoms with van der Waals surface area (Å²) in [5, 5.41) is 10.9. The van der Waals surface area contributed by atoms with Gasteiger partial charge in [0.05, 0.1) is 0 Å². The van der Waals surface area contributed by atoms with E-state index in [0.29, 0.717) is 13.0 Å². The molecule has 1 aromatic rings. The van der Waals surface area contributed by atoms with Crippen LogP contribution in [0.15, 0.2) is 23.6 Å². The summed E-state index contributed by atoms with van der Waals surface area (Å²) < 4.78 is 0. The number of carbonyl (C=O) groups is 2. The van der Waals surface area contributed by atoms with Crippen molar-refractivity contribution in [2.75, 3.05) is 13.1 Å². The van der Waals surface area contributed by atoms with Gasteiger partial charge < -0.3 is 15.7 Å². The molecule has 1 aliphatic heterocycles. The minimum absolute atomic E-state index is 0.0654. The van der Waals surface area contributed by atoms with Gasteiger partial charge in [0.15, 0.2) is 0 Å². The van der Waals surface area contributed by atoms with Gasteiger partial charge in [0.2, 0.25) is 5.91 Å². The Labute approximate surface area is 109 Å². The Morgan fingerprint density at radius 3 is 2.89 bits per heavy atom. The van der Waals surface area contributed by atoms with Gasteiger partial charge in [-0.25, -0.2) is 0 Å². The van der Waals surface area contributed by atoms with E-state index < -0.39 is 11.5 Å². The van der Waals surface area contributed by atoms with E-state index in [1.165, 1.54) is 22.3 Å². The van der Waals surface area contributed by atoms with Gasteiger partial charge >= 0.3 is 5.97 Å². The van der Waals surface area contributed by atoms with Gasteiger partial charge in [-0.2, -0.15) is 0 Å². The summed E-state index contributed by atoms with van der Waals surface area (Å²) in [4.78, 5) is 25.3. The molecule has 0 aliphatic carbocycles. The Bertz CT molecular complexity index is 484. The van der Waals surface area contributed by atoms with Gasteiger partial charge in [-0.3, -0.25) is 9.59 Å². The maximum Gasteiger partial charge on any atom is 0.325 e. The van der Waals surface area contributed by atoms with Crippen molar-refractivity contribution < 1.29 is 14.7 Å². The van der Waals surface area contributed by atoms with Crippen LogP contribution in [0.5, 0.6) is 0 Å². The summed E-state index contributed by atoms with van der Waals surface area (Å²) >= 11 is 1.54. The molecule has 1 saturated heterocycles. The lowest BCUT2D eigenvalue weighted by Gasteiger charge is -2.18. The predicted octanol–water partition coefficient (Wildman–Crippen LogP) is 0.776. The molecule has 3 N–H and O–H groups in total. The molecule has 1 atom stereocenters. The van der Waals surface area contributed by atoms with Crippen LogP contribution in [-0.4, -0.2) is 40.5 Å². The number of amides is 1. The maximum absolute atomic E-state index is 11.8. The molecule has 2 rings (SSSR count). The van der Waals surface area contributed by atoms with Crippen LogP contribution in [0, 0.1) is 0 Å². The number of hydrogen-bond acceptors (Lipinski definition) is 4. The lowest BCUT2D eigenvalue weighted by atomic mass is 10.0. The first-order valence-electron chi connectivity index (χ1n) is 5.54. The summed E-state index contributed by atoms with van der Waals surface area (Å²) in [6, 6.07) is 3.81. The zero-order chi connectivity index (χ0) is 13.2. The number of carboxylic acids is 1. The second-order valence-corrected chi connectivity index (χ2v) is 5.30. The predicted molar refractivity (Wildman–Crippen MR) is 69.1 cm³/mol. The number of carboxylic acid groups (broad SMARTS) is 1. The van der Waals surface area contributed by atoms with Crippen LogP contribution in [0.2, 0.25) is 0 Å². The SMILES string of the molecule is NC1(C(=O)O)CCN(C(=O)/C=C/c2cccs2)C1. The molecular weight excluding hydrogens is 252 g/mol. The molecule has 6 heteroatoms. The number of likely N-dealkylation sites (tertiary alicyclic amines) is 1. The standard InChI is InChI=1S/C12H14N2O3S/c13-12(11(16)17)5-6-14(8-12)10(15)4-3-9-2-1-7-18-9/h1-4,7H,5-6,8,13H2,(H,16,17)/b4-3+. The molecular formula is C12H14N2O3S. The Kier molecular flexibility index (Phi) is 3.49. The fourth-order valence-electron chi connectivity index (χ4n) is 1.84. The molecule has 0 saturated carbocycles. The van der Waals surface area contributed by atoms with E-state index >= 15 is 0 Å². The number of nitrogens with zero attached hydrogens (tertiary/aromatic N) is 1. The first-order chi connectivity index (χ1) is 8.51. The van der Waals surface area contributed by atoms with Crippen LogP contribution in [0.25, 0.3) is 6.08 Å². The number of thiophene rings is 1. The zero-order valence-corrected chi connectivity index (χ0v) is 10.5. The summed E-state index contributed by atoms with van der Waals surface area (Å²) in [6.07, 6.45) is 3.48. The van der Waals surface area contributed by atoms with Gasteiger partial charge in [-0.1, -0.05) is 6.07 Å². The number of hydrogen-bond donors (Lipinski definition) is 2. The normalized spacial score (nSPS) is 23.7. The van der Waals surface area contributed by atoms with Gasteiger partial charge in [0.25, 0.3) is 0 Å². The Balaban J connectivity index is 1.98. The van der Waals surface area contributed by atoms with E-state index in [9.17, 15) is 9.59 Å². The van der Waals surface area contributed by atoms with Crippen LogP contribution >= 0.6 is 11.3 Å². The van der Waals surface area contributed by atoms with Crippen molar-refractivity contribution in [2.24, 2.45) is 5.73 Å². The van der Waals surface area contributed by atoms with Crippen molar-refractivity contribution >= 4 is 29.3 Å². The Morgan fingerprint density at radius 1 is 1.56 bits per heavy atom. The average Bonchev–Trinajstić information content (AvgIpc) is 2.95. The summed E-state index contributed by atoms with van der Waals surface area (Å²) in [5.74, 6) is -1.25. The fourth-order valence-corrected chi connectivity index (χ4v) is 2.46. The molecule has 0 aromatic carbocycles. The summed E-state index contributed by atoms with van der Waals surface area (Å²) in [7, 11) is 0. The topological polar surface area (TPSA) is 83.6 Å². The molecule has 5 nitrogen and oxygen atoms in total.